The van der Waals surface area contributed by atoms with Gasteiger partial charge in [-0.3, -0.25) is 0 Å². The third kappa shape index (κ3) is 3.33. The van der Waals surface area contributed by atoms with Gasteiger partial charge in [0.15, 0.2) is 0 Å². The first kappa shape index (κ1) is 16.4. The van der Waals surface area contributed by atoms with Gasteiger partial charge in [0.05, 0.1) is 12.7 Å². The molecule has 2 aromatic heterocycles. The highest BCUT2D eigenvalue weighted by molar-refractivity contribution is 9.10. The van der Waals surface area contributed by atoms with Gasteiger partial charge >= 0.3 is 0 Å². The van der Waals surface area contributed by atoms with Crippen LogP contribution in [0.1, 0.15) is 5.89 Å². The number of hydrogen-bond donors (Lipinski definition) is 0. The van der Waals surface area contributed by atoms with E-state index in [1.54, 1.807) is 7.11 Å². The monoisotopic (exact) mass is 412 g/mol. The van der Waals surface area contributed by atoms with Crippen molar-refractivity contribution in [1.29, 1.82) is 0 Å². The van der Waals surface area contributed by atoms with Gasteiger partial charge in [-0.05, 0) is 23.4 Å². The summed E-state index contributed by atoms with van der Waals surface area (Å²) in [5.74, 6) is 2.00. The molecule has 26 heavy (non-hydrogen) atoms. The Labute approximate surface area is 156 Å². The standard InChI is InChI=1S/C17H13BrN6O2/c1-25-14-8-7-12(18)9-13(14)17-19-15(26-22-17)10-24-21-16(20-23-24)11-5-3-2-4-6-11/h2-9H,10H2,1H3. The average Bonchev–Trinajstić information content (AvgIpc) is 3.32. The fraction of sp³-hybridized carbons (Fsp3) is 0.118. The van der Waals surface area contributed by atoms with E-state index >= 15 is 0 Å². The van der Waals surface area contributed by atoms with Crippen molar-refractivity contribution < 1.29 is 9.26 Å². The summed E-state index contributed by atoms with van der Waals surface area (Å²) >= 11 is 3.43. The van der Waals surface area contributed by atoms with Gasteiger partial charge < -0.3 is 9.26 Å². The van der Waals surface area contributed by atoms with E-state index in [1.165, 1.54) is 4.80 Å². The quantitative estimate of drug-likeness (QED) is 0.496. The van der Waals surface area contributed by atoms with Gasteiger partial charge in [0.1, 0.15) is 12.3 Å². The molecule has 2 aromatic carbocycles. The summed E-state index contributed by atoms with van der Waals surface area (Å²) in [4.78, 5) is 5.81. The molecule has 0 amide bonds. The fourth-order valence-corrected chi connectivity index (χ4v) is 2.78. The molecule has 0 atom stereocenters. The number of rotatable bonds is 5. The molecule has 9 heteroatoms. The van der Waals surface area contributed by atoms with Crippen molar-refractivity contribution in [2.24, 2.45) is 0 Å². The number of methoxy groups -OCH3 is 1. The molecule has 0 saturated carbocycles. The summed E-state index contributed by atoms with van der Waals surface area (Å²) in [6.45, 7) is 0.225. The van der Waals surface area contributed by atoms with E-state index < -0.39 is 0 Å². The average molecular weight is 413 g/mol. The number of aromatic nitrogens is 6. The van der Waals surface area contributed by atoms with Crippen LogP contribution in [-0.2, 0) is 6.54 Å². The minimum absolute atomic E-state index is 0.225. The molecule has 0 N–H and O–H groups in total. The number of halogens is 1. The number of ether oxygens (including phenoxy) is 1. The highest BCUT2D eigenvalue weighted by atomic mass is 79.9. The normalized spacial score (nSPS) is 10.8. The Kier molecular flexibility index (Phi) is 4.44. The summed E-state index contributed by atoms with van der Waals surface area (Å²) in [5, 5.41) is 16.4. The Morgan fingerprint density at radius 3 is 2.77 bits per heavy atom. The van der Waals surface area contributed by atoms with Crippen LogP contribution in [0.3, 0.4) is 0 Å². The van der Waals surface area contributed by atoms with Gasteiger partial charge in [-0.2, -0.15) is 9.78 Å². The van der Waals surface area contributed by atoms with Crippen molar-refractivity contribution in [2.75, 3.05) is 7.11 Å². The Morgan fingerprint density at radius 1 is 1.12 bits per heavy atom. The number of nitrogens with zero attached hydrogens (tertiary/aromatic N) is 6. The zero-order valence-corrected chi connectivity index (χ0v) is 15.3. The molecule has 0 aliphatic carbocycles. The third-order valence-electron chi connectivity index (χ3n) is 3.63. The van der Waals surface area contributed by atoms with E-state index in [1.807, 2.05) is 48.5 Å². The van der Waals surface area contributed by atoms with E-state index in [9.17, 15) is 0 Å². The summed E-state index contributed by atoms with van der Waals surface area (Å²) in [7, 11) is 1.60. The van der Waals surface area contributed by atoms with E-state index in [0.717, 1.165) is 15.6 Å². The van der Waals surface area contributed by atoms with E-state index in [4.69, 9.17) is 9.26 Å². The van der Waals surface area contributed by atoms with E-state index in [-0.39, 0.29) is 6.54 Å². The Bertz CT molecular complexity index is 1030. The zero-order valence-electron chi connectivity index (χ0n) is 13.7. The van der Waals surface area contributed by atoms with Crippen LogP contribution in [0.4, 0.5) is 0 Å². The molecule has 4 aromatic rings. The smallest absolute Gasteiger partial charge is 0.250 e. The molecule has 0 saturated heterocycles. The van der Waals surface area contributed by atoms with Crippen molar-refractivity contribution in [3.8, 4) is 28.5 Å². The van der Waals surface area contributed by atoms with Gasteiger partial charge in [-0.15, -0.1) is 10.2 Å². The number of hydrogen-bond acceptors (Lipinski definition) is 7. The molecule has 0 aliphatic heterocycles. The molecule has 0 aliphatic rings. The molecule has 0 fully saturated rings. The largest absolute Gasteiger partial charge is 0.496 e. The Balaban J connectivity index is 1.56. The molecule has 0 radical (unpaired) electrons. The Hall–Kier alpha value is -3.07. The maximum atomic E-state index is 5.35. The number of benzene rings is 2. The van der Waals surface area contributed by atoms with Crippen molar-refractivity contribution in [3.05, 3.63) is 58.9 Å². The van der Waals surface area contributed by atoms with Gasteiger partial charge in [-0.25, -0.2) is 0 Å². The van der Waals surface area contributed by atoms with Crippen LogP contribution in [0.15, 0.2) is 57.5 Å². The molecule has 0 bridgehead atoms. The topological polar surface area (TPSA) is 91.8 Å². The van der Waals surface area contributed by atoms with Crippen LogP contribution in [-0.4, -0.2) is 37.5 Å². The summed E-state index contributed by atoms with van der Waals surface area (Å²) < 4.78 is 11.6. The maximum absolute atomic E-state index is 5.35. The summed E-state index contributed by atoms with van der Waals surface area (Å²) in [6, 6.07) is 15.2. The first-order valence-electron chi connectivity index (χ1n) is 7.72. The fourth-order valence-electron chi connectivity index (χ4n) is 2.42. The van der Waals surface area contributed by atoms with Crippen molar-refractivity contribution in [2.45, 2.75) is 6.54 Å². The maximum Gasteiger partial charge on any atom is 0.250 e. The van der Waals surface area contributed by atoms with Gasteiger partial charge in [-0.1, -0.05) is 51.4 Å². The van der Waals surface area contributed by atoms with Gasteiger partial charge in [0.2, 0.25) is 11.6 Å². The lowest BCUT2D eigenvalue weighted by Gasteiger charge is -2.04. The predicted octanol–water partition coefficient (Wildman–Crippen LogP) is 3.21. The lowest BCUT2D eigenvalue weighted by molar-refractivity contribution is 0.356. The number of tetrazole rings is 1. The first-order chi connectivity index (χ1) is 12.7. The van der Waals surface area contributed by atoms with E-state index in [0.29, 0.717) is 23.3 Å². The van der Waals surface area contributed by atoms with Crippen LogP contribution < -0.4 is 4.74 Å². The second-order valence-electron chi connectivity index (χ2n) is 5.37. The molecule has 130 valence electrons. The van der Waals surface area contributed by atoms with Crippen LogP contribution >= 0.6 is 15.9 Å². The molecular weight excluding hydrogens is 400 g/mol. The minimum atomic E-state index is 0.225. The highest BCUT2D eigenvalue weighted by Crippen LogP contribution is 2.30. The summed E-state index contributed by atoms with van der Waals surface area (Å²) in [6.07, 6.45) is 0. The molecule has 2 heterocycles. The SMILES string of the molecule is COc1ccc(Br)cc1-c1noc(Cn2nnc(-c3ccccc3)n2)n1. The van der Waals surface area contributed by atoms with Crippen molar-refractivity contribution in [1.82, 2.24) is 30.3 Å². The molecule has 0 unspecified atom stereocenters. The molecule has 0 spiro atoms. The van der Waals surface area contributed by atoms with Gasteiger partial charge in [0.25, 0.3) is 5.89 Å². The van der Waals surface area contributed by atoms with Crippen LogP contribution in [0.25, 0.3) is 22.8 Å². The van der Waals surface area contributed by atoms with Gasteiger partial charge in [0, 0.05) is 10.0 Å². The van der Waals surface area contributed by atoms with Crippen LogP contribution in [0.5, 0.6) is 5.75 Å². The first-order valence-corrected chi connectivity index (χ1v) is 8.52. The second kappa shape index (κ2) is 7.04. The Morgan fingerprint density at radius 2 is 1.96 bits per heavy atom. The highest BCUT2D eigenvalue weighted by Gasteiger charge is 2.15. The third-order valence-corrected chi connectivity index (χ3v) is 4.13. The lowest BCUT2D eigenvalue weighted by atomic mass is 10.2. The summed E-state index contributed by atoms with van der Waals surface area (Å²) in [5.41, 5.74) is 1.62. The lowest BCUT2D eigenvalue weighted by Crippen LogP contribution is -2.04. The van der Waals surface area contributed by atoms with Crippen molar-refractivity contribution in [3.63, 3.8) is 0 Å². The predicted molar refractivity (Wildman–Crippen MR) is 96.3 cm³/mol. The van der Waals surface area contributed by atoms with Crippen LogP contribution in [0.2, 0.25) is 0 Å². The molecule has 4 rings (SSSR count). The zero-order chi connectivity index (χ0) is 17.9. The van der Waals surface area contributed by atoms with Crippen molar-refractivity contribution >= 4 is 15.9 Å². The van der Waals surface area contributed by atoms with E-state index in [2.05, 4.69) is 41.5 Å². The van der Waals surface area contributed by atoms with Crippen LogP contribution in [0, 0.1) is 0 Å². The second-order valence-corrected chi connectivity index (χ2v) is 6.28. The minimum Gasteiger partial charge on any atom is -0.496 e. The molecule has 8 nitrogen and oxygen atoms in total. The molecular formula is C17H13BrN6O2.